The molecule has 0 heterocycles. The number of aliphatic hydroxyl groups is 1. The third-order valence-electron chi connectivity index (χ3n) is 1.80. The summed E-state index contributed by atoms with van der Waals surface area (Å²) in [4.78, 5) is 10.8. The number of methoxy groups -OCH3 is 1. The molecule has 0 aliphatic carbocycles. The van der Waals surface area contributed by atoms with E-state index < -0.39 is 6.09 Å². The Morgan fingerprint density at radius 2 is 2.21 bits per heavy atom. The number of ether oxygens (including phenoxy) is 1. The van der Waals surface area contributed by atoms with Gasteiger partial charge in [-0.2, -0.15) is 0 Å². The lowest BCUT2D eigenvalue weighted by Gasteiger charge is -2.04. The van der Waals surface area contributed by atoms with Crippen LogP contribution in [-0.4, -0.2) is 18.3 Å². The van der Waals surface area contributed by atoms with E-state index >= 15 is 0 Å². The molecule has 0 unspecified atom stereocenters. The van der Waals surface area contributed by atoms with E-state index in [2.05, 4.69) is 10.1 Å². The van der Waals surface area contributed by atoms with Crippen LogP contribution < -0.4 is 5.32 Å². The molecular formula is C10H13NO3. The Balaban J connectivity index is 2.54. The van der Waals surface area contributed by atoms with Gasteiger partial charge in [0.25, 0.3) is 0 Å². The molecule has 0 radical (unpaired) electrons. The Bertz CT molecular complexity index is 312. The quantitative estimate of drug-likeness (QED) is 0.757. The molecule has 76 valence electrons. The monoisotopic (exact) mass is 195 g/mol. The first-order valence-corrected chi connectivity index (χ1v) is 4.26. The van der Waals surface area contributed by atoms with E-state index in [1.54, 1.807) is 0 Å². The van der Waals surface area contributed by atoms with Gasteiger partial charge in [-0.1, -0.05) is 24.3 Å². The zero-order valence-corrected chi connectivity index (χ0v) is 7.99. The summed E-state index contributed by atoms with van der Waals surface area (Å²) in [5.41, 5.74) is 1.76. The van der Waals surface area contributed by atoms with E-state index in [0.717, 1.165) is 11.1 Å². The Morgan fingerprint density at radius 3 is 2.86 bits per heavy atom. The molecule has 4 nitrogen and oxygen atoms in total. The van der Waals surface area contributed by atoms with Gasteiger partial charge in [0, 0.05) is 6.54 Å². The van der Waals surface area contributed by atoms with Crippen LogP contribution >= 0.6 is 0 Å². The second-order valence-electron chi connectivity index (χ2n) is 2.82. The summed E-state index contributed by atoms with van der Waals surface area (Å²) in [5.74, 6) is 0. The van der Waals surface area contributed by atoms with Gasteiger partial charge in [0.15, 0.2) is 0 Å². The number of aliphatic hydroxyl groups excluding tert-OH is 1. The SMILES string of the molecule is COC(=O)NCc1cccc(CO)c1. The van der Waals surface area contributed by atoms with Crippen molar-refractivity contribution in [1.29, 1.82) is 0 Å². The van der Waals surface area contributed by atoms with Crippen LogP contribution in [0.5, 0.6) is 0 Å². The van der Waals surface area contributed by atoms with Crippen molar-refractivity contribution in [3.05, 3.63) is 35.4 Å². The van der Waals surface area contributed by atoms with Gasteiger partial charge >= 0.3 is 6.09 Å². The van der Waals surface area contributed by atoms with Gasteiger partial charge in [-0.05, 0) is 11.1 Å². The lowest BCUT2D eigenvalue weighted by molar-refractivity contribution is 0.170. The summed E-state index contributed by atoms with van der Waals surface area (Å²) >= 11 is 0. The number of carbonyl (C=O) groups is 1. The van der Waals surface area contributed by atoms with Crippen LogP contribution in [0.1, 0.15) is 11.1 Å². The van der Waals surface area contributed by atoms with Crippen molar-refractivity contribution in [2.45, 2.75) is 13.2 Å². The summed E-state index contributed by atoms with van der Waals surface area (Å²) in [6.07, 6.45) is -0.459. The van der Waals surface area contributed by atoms with Crippen LogP contribution in [0.15, 0.2) is 24.3 Å². The molecule has 0 aliphatic rings. The number of alkyl carbamates (subject to hydrolysis) is 1. The molecule has 1 aromatic carbocycles. The largest absolute Gasteiger partial charge is 0.453 e. The minimum atomic E-state index is -0.459. The van der Waals surface area contributed by atoms with Gasteiger partial charge in [-0.3, -0.25) is 0 Å². The molecule has 1 rings (SSSR count). The van der Waals surface area contributed by atoms with Crippen LogP contribution in [0.25, 0.3) is 0 Å². The molecule has 0 saturated carbocycles. The molecular weight excluding hydrogens is 182 g/mol. The van der Waals surface area contributed by atoms with Gasteiger partial charge in [0.05, 0.1) is 13.7 Å². The average molecular weight is 195 g/mol. The summed E-state index contributed by atoms with van der Waals surface area (Å²) < 4.78 is 4.43. The maximum Gasteiger partial charge on any atom is 0.407 e. The maximum atomic E-state index is 10.8. The summed E-state index contributed by atoms with van der Waals surface area (Å²) in [6.45, 7) is 0.409. The molecule has 1 aromatic rings. The standard InChI is InChI=1S/C10H13NO3/c1-14-10(13)11-6-8-3-2-4-9(5-8)7-12/h2-5,12H,6-7H2,1H3,(H,11,13). The van der Waals surface area contributed by atoms with E-state index in [0.29, 0.717) is 6.54 Å². The smallest absolute Gasteiger partial charge is 0.407 e. The van der Waals surface area contributed by atoms with Crippen molar-refractivity contribution in [3.63, 3.8) is 0 Å². The Hall–Kier alpha value is -1.55. The van der Waals surface area contributed by atoms with Gasteiger partial charge < -0.3 is 15.2 Å². The van der Waals surface area contributed by atoms with Crippen LogP contribution in [0.2, 0.25) is 0 Å². The molecule has 0 atom stereocenters. The lowest BCUT2D eigenvalue weighted by atomic mass is 10.1. The summed E-state index contributed by atoms with van der Waals surface area (Å²) in [5, 5.41) is 11.4. The van der Waals surface area contributed by atoms with Crippen LogP contribution in [0.3, 0.4) is 0 Å². The highest BCUT2D eigenvalue weighted by molar-refractivity contribution is 5.66. The minimum Gasteiger partial charge on any atom is -0.453 e. The normalized spacial score (nSPS) is 9.57. The molecule has 0 bridgehead atoms. The van der Waals surface area contributed by atoms with Crippen molar-refractivity contribution < 1.29 is 14.6 Å². The Labute approximate surface area is 82.5 Å². The van der Waals surface area contributed by atoms with Gasteiger partial charge in [-0.25, -0.2) is 4.79 Å². The van der Waals surface area contributed by atoms with Crippen molar-refractivity contribution in [2.24, 2.45) is 0 Å². The zero-order chi connectivity index (χ0) is 10.4. The van der Waals surface area contributed by atoms with E-state index in [1.165, 1.54) is 7.11 Å². The van der Waals surface area contributed by atoms with E-state index in [-0.39, 0.29) is 6.61 Å². The fourth-order valence-corrected chi connectivity index (χ4v) is 1.08. The number of benzene rings is 1. The highest BCUT2D eigenvalue weighted by atomic mass is 16.5. The molecule has 0 saturated heterocycles. The van der Waals surface area contributed by atoms with Crippen LogP contribution in [0.4, 0.5) is 4.79 Å². The highest BCUT2D eigenvalue weighted by Crippen LogP contribution is 2.04. The van der Waals surface area contributed by atoms with Gasteiger partial charge in [-0.15, -0.1) is 0 Å². The Morgan fingerprint density at radius 1 is 1.50 bits per heavy atom. The minimum absolute atomic E-state index is 0.00602. The topological polar surface area (TPSA) is 58.6 Å². The second-order valence-corrected chi connectivity index (χ2v) is 2.82. The van der Waals surface area contributed by atoms with Crippen molar-refractivity contribution in [3.8, 4) is 0 Å². The Kier molecular flexibility index (Phi) is 3.94. The summed E-state index contributed by atoms with van der Waals surface area (Å²) in [7, 11) is 1.32. The third-order valence-corrected chi connectivity index (χ3v) is 1.80. The lowest BCUT2D eigenvalue weighted by Crippen LogP contribution is -2.22. The van der Waals surface area contributed by atoms with Crippen molar-refractivity contribution >= 4 is 6.09 Å². The van der Waals surface area contributed by atoms with Gasteiger partial charge in [0.2, 0.25) is 0 Å². The number of rotatable bonds is 3. The molecule has 0 aromatic heterocycles. The predicted octanol–water partition coefficient (Wildman–Crippen LogP) is 1.03. The van der Waals surface area contributed by atoms with E-state index in [1.807, 2.05) is 24.3 Å². The number of hydrogen-bond acceptors (Lipinski definition) is 3. The molecule has 2 N–H and O–H groups in total. The first-order valence-electron chi connectivity index (χ1n) is 4.26. The van der Waals surface area contributed by atoms with Crippen molar-refractivity contribution in [2.75, 3.05) is 7.11 Å². The van der Waals surface area contributed by atoms with Gasteiger partial charge in [0.1, 0.15) is 0 Å². The molecule has 14 heavy (non-hydrogen) atoms. The number of nitrogens with one attached hydrogen (secondary N) is 1. The number of hydrogen-bond donors (Lipinski definition) is 2. The first kappa shape index (κ1) is 10.5. The summed E-state index contributed by atoms with van der Waals surface area (Å²) in [6, 6.07) is 7.35. The van der Waals surface area contributed by atoms with E-state index in [9.17, 15) is 4.79 Å². The average Bonchev–Trinajstić information content (AvgIpc) is 2.26. The van der Waals surface area contributed by atoms with Crippen LogP contribution in [-0.2, 0) is 17.9 Å². The molecule has 0 fully saturated rings. The van der Waals surface area contributed by atoms with Crippen molar-refractivity contribution in [1.82, 2.24) is 5.32 Å². The molecule has 0 spiro atoms. The highest BCUT2D eigenvalue weighted by Gasteiger charge is 1.99. The zero-order valence-electron chi connectivity index (χ0n) is 7.99. The molecule has 4 heteroatoms. The second kappa shape index (κ2) is 5.24. The fourth-order valence-electron chi connectivity index (χ4n) is 1.08. The molecule has 1 amide bonds. The first-order chi connectivity index (χ1) is 6.76. The predicted molar refractivity (Wildman–Crippen MR) is 51.6 cm³/mol. The molecule has 0 aliphatic heterocycles. The third kappa shape index (κ3) is 3.06. The maximum absolute atomic E-state index is 10.8. The number of carbonyl (C=O) groups excluding carboxylic acids is 1. The fraction of sp³-hybridized carbons (Fsp3) is 0.300. The van der Waals surface area contributed by atoms with E-state index in [4.69, 9.17) is 5.11 Å². The van der Waals surface area contributed by atoms with Crippen LogP contribution in [0, 0.1) is 0 Å². The number of amides is 1.